The van der Waals surface area contributed by atoms with Crippen LogP contribution in [0.2, 0.25) is 0 Å². The normalized spacial score (nSPS) is 11.8. The van der Waals surface area contributed by atoms with E-state index in [1.807, 2.05) is 0 Å². The van der Waals surface area contributed by atoms with Crippen LogP contribution in [0.4, 0.5) is 0 Å². The molecule has 0 unspecified atom stereocenters. The average molecular weight is 249 g/mol. The van der Waals surface area contributed by atoms with E-state index in [0.717, 1.165) is 0 Å². The third-order valence-corrected chi connectivity index (χ3v) is 2.37. The zero-order valence-corrected chi connectivity index (χ0v) is 10.5. The van der Waals surface area contributed by atoms with E-state index in [1.165, 1.54) is 17.0 Å². The van der Waals surface area contributed by atoms with Crippen LogP contribution in [0.25, 0.3) is 0 Å². The molecule has 7 heteroatoms. The fourth-order valence-electron chi connectivity index (χ4n) is 1.36. The first-order valence-electron chi connectivity index (χ1n) is 5.51. The second kappa shape index (κ2) is 4.34. The third kappa shape index (κ3) is 2.62. The lowest BCUT2D eigenvalue weighted by Gasteiger charge is -2.11. The molecule has 0 bridgehead atoms. The molecule has 0 aliphatic heterocycles. The van der Waals surface area contributed by atoms with E-state index < -0.39 is 5.54 Å². The van der Waals surface area contributed by atoms with Crippen LogP contribution >= 0.6 is 0 Å². The van der Waals surface area contributed by atoms with Crippen molar-refractivity contribution in [2.75, 3.05) is 0 Å². The van der Waals surface area contributed by atoms with Crippen molar-refractivity contribution in [2.45, 2.75) is 32.9 Å². The van der Waals surface area contributed by atoms with E-state index in [-0.39, 0.29) is 12.1 Å². The third-order valence-electron chi connectivity index (χ3n) is 2.37. The van der Waals surface area contributed by atoms with Crippen molar-refractivity contribution in [3.8, 4) is 0 Å². The van der Waals surface area contributed by atoms with E-state index in [0.29, 0.717) is 17.4 Å². The fraction of sp³-hybridized carbons (Fsp3) is 0.455. The Hall–Kier alpha value is -2.02. The topological polar surface area (TPSA) is 99.8 Å². The van der Waals surface area contributed by atoms with Crippen LogP contribution in [0.3, 0.4) is 0 Å². The van der Waals surface area contributed by atoms with E-state index in [4.69, 9.17) is 10.3 Å². The number of hydrogen-bond acceptors (Lipinski definition) is 6. The summed E-state index contributed by atoms with van der Waals surface area (Å²) >= 11 is 0. The number of aromatic nitrogens is 4. The molecule has 2 rings (SSSR count). The van der Waals surface area contributed by atoms with Gasteiger partial charge in [0.2, 0.25) is 5.89 Å². The Bertz CT molecular complexity index is 608. The van der Waals surface area contributed by atoms with Crippen LogP contribution in [0, 0.1) is 6.92 Å². The van der Waals surface area contributed by atoms with Gasteiger partial charge in [0.15, 0.2) is 5.82 Å². The molecule has 0 amide bonds. The summed E-state index contributed by atoms with van der Waals surface area (Å²) in [6, 6.07) is 1.45. The summed E-state index contributed by atoms with van der Waals surface area (Å²) < 4.78 is 6.45. The molecule has 0 saturated carbocycles. The summed E-state index contributed by atoms with van der Waals surface area (Å²) in [5.74, 6) is 0.738. The Morgan fingerprint density at radius 3 is 2.78 bits per heavy atom. The second-order valence-electron chi connectivity index (χ2n) is 4.73. The summed E-state index contributed by atoms with van der Waals surface area (Å²) in [5.41, 5.74) is 5.69. The molecule has 2 aromatic rings. The van der Waals surface area contributed by atoms with E-state index in [9.17, 15) is 4.79 Å². The predicted octanol–water partition coefficient (Wildman–Crippen LogP) is 0.177. The van der Waals surface area contributed by atoms with Gasteiger partial charge in [-0.25, -0.2) is 4.98 Å². The molecule has 7 nitrogen and oxygen atoms in total. The maximum absolute atomic E-state index is 11.7. The lowest BCUT2D eigenvalue weighted by Crippen LogP contribution is -2.30. The van der Waals surface area contributed by atoms with Crippen LogP contribution in [-0.2, 0) is 12.1 Å². The van der Waals surface area contributed by atoms with E-state index >= 15 is 0 Å². The van der Waals surface area contributed by atoms with Crippen molar-refractivity contribution in [1.29, 1.82) is 0 Å². The average Bonchev–Trinajstić information content (AvgIpc) is 2.70. The molecule has 0 fully saturated rings. The molecule has 0 radical (unpaired) electrons. The van der Waals surface area contributed by atoms with Gasteiger partial charge < -0.3 is 10.3 Å². The van der Waals surface area contributed by atoms with Gasteiger partial charge in [0.25, 0.3) is 5.56 Å². The first kappa shape index (κ1) is 12.4. The monoisotopic (exact) mass is 249 g/mol. The summed E-state index contributed by atoms with van der Waals surface area (Å²) in [6.45, 7) is 5.51. The Morgan fingerprint density at radius 2 is 2.22 bits per heavy atom. The lowest BCUT2D eigenvalue weighted by atomic mass is 10.1. The van der Waals surface area contributed by atoms with Gasteiger partial charge in [-0.3, -0.25) is 9.36 Å². The minimum atomic E-state index is -0.668. The van der Waals surface area contributed by atoms with Gasteiger partial charge in [-0.15, -0.1) is 0 Å². The van der Waals surface area contributed by atoms with Crippen molar-refractivity contribution in [1.82, 2.24) is 19.7 Å². The molecule has 2 aromatic heterocycles. The maximum Gasteiger partial charge on any atom is 0.253 e. The van der Waals surface area contributed by atoms with Crippen LogP contribution in [0.5, 0.6) is 0 Å². The van der Waals surface area contributed by atoms with Crippen molar-refractivity contribution in [3.63, 3.8) is 0 Å². The van der Waals surface area contributed by atoms with Crippen molar-refractivity contribution >= 4 is 0 Å². The minimum Gasteiger partial charge on any atom is -0.337 e. The number of nitrogens with two attached hydrogens (primary N) is 1. The molecule has 0 spiro atoms. The zero-order chi connectivity index (χ0) is 13.3. The van der Waals surface area contributed by atoms with Gasteiger partial charge in [0, 0.05) is 11.8 Å². The maximum atomic E-state index is 11.7. The quantitative estimate of drug-likeness (QED) is 0.832. The summed E-state index contributed by atoms with van der Waals surface area (Å²) in [5, 5.41) is 3.78. The first-order valence-corrected chi connectivity index (χ1v) is 5.51. The highest BCUT2D eigenvalue weighted by molar-refractivity contribution is 5.01. The highest BCUT2D eigenvalue weighted by atomic mass is 16.5. The SMILES string of the molecule is Cc1cc(=O)n(Cc2nc(C(C)(C)N)no2)cn1. The van der Waals surface area contributed by atoms with Gasteiger partial charge in [-0.05, 0) is 20.8 Å². The molecular formula is C11H15N5O2. The fourth-order valence-corrected chi connectivity index (χ4v) is 1.36. The highest BCUT2D eigenvalue weighted by Gasteiger charge is 2.21. The molecule has 0 aromatic carbocycles. The van der Waals surface area contributed by atoms with Crippen LogP contribution in [0.1, 0.15) is 31.3 Å². The molecule has 0 aliphatic rings. The molecule has 0 saturated heterocycles. The Kier molecular flexibility index (Phi) is 3.00. The number of nitrogens with zero attached hydrogens (tertiary/aromatic N) is 4. The largest absolute Gasteiger partial charge is 0.337 e. The Balaban J connectivity index is 2.24. The standard InChI is InChI=1S/C11H15N5O2/c1-7-4-9(17)16(6-13-7)5-8-14-10(15-18-8)11(2,3)12/h4,6H,5,12H2,1-3H3. The summed E-state index contributed by atoms with van der Waals surface area (Å²) in [7, 11) is 0. The number of rotatable bonds is 3. The van der Waals surface area contributed by atoms with Crippen LogP contribution < -0.4 is 11.3 Å². The van der Waals surface area contributed by atoms with Crippen molar-refractivity contribution in [3.05, 3.63) is 40.2 Å². The predicted molar refractivity (Wildman–Crippen MR) is 63.8 cm³/mol. The van der Waals surface area contributed by atoms with E-state index in [2.05, 4.69) is 15.1 Å². The highest BCUT2D eigenvalue weighted by Crippen LogP contribution is 2.12. The zero-order valence-electron chi connectivity index (χ0n) is 10.5. The van der Waals surface area contributed by atoms with Gasteiger partial charge in [0.1, 0.15) is 6.54 Å². The van der Waals surface area contributed by atoms with Crippen LogP contribution in [0.15, 0.2) is 21.7 Å². The minimum absolute atomic E-state index is 0.158. The summed E-state index contributed by atoms with van der Waals surface area (Å²) in [4.78, 5) is 19.8. The van der Waals surface area contributed by atoms with Crippen LogP contribution in [-0.4, -0.2) is 19.7 Å². The van der Waals surface area contributed by atoms with Gasteiger partial charge in [-0.1, -0.05) is 5.16 Å². The van der Waals surface area contributed by atoms with E-state index in [1.54, 1.807) is 20.8 Å². The molecule has 0 aliphatic carbocycles. The first-order chi connectivity index (χ1) is 8.36. The van der Waals surface area contributed by atoms with Gasteiger partial charge in [0.05, 0.1) is 11.9 Å². The number of hydrogen-bond donors (Lipinski definition) is 1. The van der Waals surface area contributed by atoms with Crippen molar-refractivity contribution in [2.24, 2.45) is 5.73 Å². The second-order valence-corrected chi connectivity index (χ2v) is 4.73. The van der Waals surface area contributed by atoms with Crippen molar-refractivity contribution < 1.29 is 4.52 Å². The summed E-state index contributed by atoms with van der Waals surface area (Å²) in [6.07, 6.45) is 1.45. The molecule has 2 N–H and O–H groups in total. The smallest absolute Gasteiger partial charge is 0.253 e. The number of aryl methyl sites for hydroxylation is 1. The molecule has 2 heterocycles. The lowest BCUT2D eigenvalue weighted by molar-refractivity contribution is 0.353. The van der Waals surface area contributed by atoms with Gasteiger partial charge >= 0.3 is 0 Å². The molecule has 96 valence electrons. The molecule has 0 atom stereocenters. The molecule has 18 heavy (non-hydrogen) atoms. The molecular weight excluding hydrogens is 234 g/mol. The Labute approximate surface area is 104 Å². The van der Waals surface area contributed by atoms with Gasteiger partial charge in [-0.2, -0.15) is 4.98 Å². The Morgan fingerprint density at radius 1 is 1.50 bits per heavy atom.